The van der Waals surface area contributed by atoms with E-state index in [1.54, 1.807) is 62.6 Å². The first kappa shape index (κ1) is 27.0. The smallest absolute Gasteiger partial charge is 0.296 e. The molecule has 5 rings (SSSR count). The summed E-state index contributed by atoms with van der Waals surface area (Å²) in [5, 5.41) is 9.80. The number of amides is 1. The summed E-state index contributed by atoms with van der Waals surface area (Å²) in [6.07, 6.45) is 1.89. The van der Waals surface area contributed by atoms with Crippen LogP contribution in [0.1, 0.15) is 22.3 Å². The fourth-order valence-electron chi connectivity index (χ4n) is 4.72. The van der Waals surface area contributed by atoms with Crippen LogP contribution in [0.4, 0.5) is 8.78 Å². The minimum absolute atomic E-state index is 0.104. The number of halogens is 2. The Morgan fingerprint density at radius 1 is 1.20 bits per heavy atom. The average molecular weight is 548 g/mol. The van der Waals surface area contributed by atoms with Crippen LogP contribution in [-0.2, 0) is 0 Å². The Kier molecular flexibility index (Phi) is 7.12. The molecule has 4 aromatic rings. The lowest BCUT2D eigenvalue weighted by atomic mass is 10.0. The van der Waals surface area contributed by atoms with Crippen LogP contribution in [0, 0.1) is 11.3 Å². The summed E-state index contributed by atoms with van der Waals surface area (Å²) < 4.78 is 46.4. The molecule has 1 saturated heterocycles. The number of nitriles is 1. The van der Waals surface area contributed by atoms with Crippen molar-refractivity contribution in [3.8, 4) is 40.1 Å². The fraction of sp³-hybridized carbons (Fsp3) is 0.310. The molecule has 0 spiro atoms. The van der Waals surface area contributed by atoms with Crippen molar-refractivity contribution in [2.24, 2.45) is 0 Å². The zero-order valence-electron chi connectivity index (χ0n) is 22.4. The third-order valence-corrected chi connectivity index (χ3v) is 6.78. The number of aromatic nitrogens is 2. The van der Waals surface area contributed by atoms with Crippen LogP contribution >= 0.6 is 0 Å². The van der Waals surface area contributed by atoms with Gasteiger partial charge >= 0.3 is 0 Å². The summed E-state index contributed by atoms with van der Waals surface area (Å²) in [6.45, 7) is 0.0756. The molecule has 0 bridgehead atoms. The third kappa shape index (κ3) is 5.05. The van der Waals surface area contributed by atoms with Crippen molar-refractivity contribution in [3.05, 3.63) is 59.9 Å². The zero-order valence-corrected chi connectivity index (χ0v) is 22.4. The van der Waals surface area contributed by atoms with E-state index >= 15 is 0 Å². The van der Waals surface area contributed by atoms with Crippen molar-refractivity contribution in [2.75, 3.05) is 41.3 Å². The number of ether oxygens (including phenoxy) is 2. The topological polar surface area (TPSA) is 105 Å². The highest BCUT2D eigenvalue weighted by Gasteiger charge is 2.45. The molecule has 4 heterocycles. The van der Waals surface area contributed by atoms with E-state index in [0.29, 0.717) is 51.5 Å². The van der Waals surface area contributed by atoms with Crippen molar-refractivity contribution in [3.63, 3.8) is 0 Å². The SMILES string of the molecule is COc1cc(C(=O)N(C)C)cnc1-c1cc2nccc(-c3ccc(OC4CCN(C)CC4(F)F)c(C#N)c3)c2o1. The molecule has 3 aromatic heterocycles. The number of hydrogen-bond donors (Lipinski definition) is 0. The number of piperidine rings is 1. The molecule has 0 aliphatic carbocycles. The second kappa shape index (κ2) is 10.5. The van der Waals surface area contributed by atoms with Gasteiger partial charge in [-0.3, -0.25) is 9.78 Å². The van der Waals surface area contributed by atoms with Crippen LogP contribution in [-0.4, -0.2) is 79.0 Å². The predicted octanol–water partition coefficient (Wildman–Crippen LogP) is 4.86. The van der Waals surface area contributed by atoms with Gasteiger partial charge in [-0.2, -0.15) is 5.26 Å². The minimum atomic E-state index is -3.03. The molecule has 0 radical (unpaired) electrons. The van der Waals surface area contributed by atoms with E-state index in [9.17, 15) is 18.8 Å². The number of carbonyl (C=O) groups is 1. The molecule has 1 aliphatic rings. The number of likely N-dealkylation sites (tertiary alicyclic amines) is 1. The average Bonchev–Trinajstić information content (AvgIpc) is 3.38. The number of hydrogen-bond acceptors (Lipinski definition) is 8. The van der Waals surface area contributed by atoms with Gasteiger partial charge in [-0.25, -0.2) is 13.8 Å². The Hall–Kier alpha value is -4.56. The standard InChI is InChI=1S/C29H27F2N5O4/c1-35(2)28(37)19-12-23(38-4)26(34-15-19)24-13-21-27(40-24)20(7-9-33-21)17-5-6-22(18(11-17)14-32)39-25-8-10-36(3)16-29(25,30)31/h5-7,9,11-13,15,25H,8,10,16H2,1-4H3. The van der Waals surface area contributed by atoms with E-state index in [-0.39, 0.29) is 23.6 Å². The molecule has 1 aliphatic heterocycles. The summed E-state index contributed by atoms with van der Waals surface area (Å²) in [5.74, 6) is -2.42. The van der Waals surface area contributed by atoms with Gasteiger partial charge in [-0.15, -0.1) is 0 Å². The Morgan fingerprint density at radius 2 is 2.00 bits per heavy atom. The lowest BCUT2D eigenvalue weighted by Crippen LogP contribution is -2.52. The van der Waals surface area contributed by atoms with Gasteiger partial charge in [0.05, 0.1) is 24.8 Å². The fourth-order valence-corrected chi connectivity index (χ4v) is 4.72. The van der Waals surface area contributed by atoms with Gasteiger partial charge in [0, 0.05) is 51.1 Å². The lowest BCUT2D eigenvalue weighted by molar-refractivity contribution is -0.135. The van der Waals surface area contributed by atoms with Crippen molar-refractivity contribution in [1.82, 2.24) is 19.8 Å². The molecular formula is C29H27F2N5O4. The van der Waals surface area contributed by atoms with Crippen LogP contribution in [0.5, 0.6) is 11.5 Å². The maximum atomic E-state index is 14.6. The van der Waals surface area contributed by atoms with E-state index in [1.807, 2.05) is 0 Å². The Balaban J connectivity index is 1.50. The van der Waals surface area contributed by atoms with E-state index in [1.165, 1.54) is 24.3 Å². The number of alkyl halides is 2. The second-order valence-electron chi connectivity index (χ2n) is 9.87. The molecule has 1 aromatic carbocycles. The normalized spacial score (nSPS) is 16.9. The van der Waals surface area contributed by atoms with Gasteiger partial charge in [0.1, 0.15) is 28.8 Å². The number of benzene rings is 1. The van der Waals surface area contributed by atoms with Gasteiger partial charge < -0.3 is 23.7 Å². The largest absolute Gasteiger partial charge is 0.494 e. The molecule has 0 saturated carbocycles. The number of pyridine rings is 2. The first-order valence-corrected chi connectivity index (χ1v) is 12.5. The molecule has 1 atom stereocenters. The number of nitrogens with zero attached hydrogens (tertiary/aromatic N) is 5. The van der Waals surface area contributed by atoms with Crippen molar-refractivity contribution < 1.29 is 27.5 Å². The second-order valence-corrected chi connectivity index (χ2v) is 9.87. The first-order valence-electron chi connectivity index (χ1n) is 12.5. The van der Waals surface area contributed by atoms with Crippen LogP contribution < -0.4 is 9.47 Å². The van der Waals surface area contributed by atoms with Crippen molar-refractivity contribution >= 4 is 17.0 Å². The summed E-state index contributed by atoms with van der Waals surface area (Å²) in [7, 11) is 6.42. The number of carbonyl (C=O) groups excluding carboxylic acids is 1. The number of furan rings is 1. The highest BCUT2D eigenvalue weighted by atomic mass is 19.3. The van der Waals surface area contributed by atoms with Crippen molar-refractivity contribution in [1.29, 1.82) is 5.26 Å². The molecule has 40 heavy (non-hydrogen) atoms. The predicted molar refractivity (Wildman–Crippen MR) is 143 cm³/mol. The highest BCUT2D eigenvalue weighted by Crippen LogP contribution is 2.38. The van der Waals surface area contributed by atoms with E-state index in [2.05, 4.69) is 16.0 Å². The van der Waals surface area contributed by atoms with Gasteiger partial charge in [0.2, 0.25) is 0 Å². The van der Waals surface area contributed by atoms with Crippen molar-refractivity contribution in [2.45, 2.75) is 18.4 Å². The summed E-state index contributed by atoms with van der Waals surface area (Å²) in [4.78, 5) is 24.2. The summed E-state index contributed by atoms with van der Waals surface area (Å²) in [5.41, 5.74) is 3.13. The zero-order chi connectivity index (χ0) is 28.6. The monoisotopic (exact) mass is 547 g/mol. The maximum Gasteiger partial charge on any atom is 0.296 e. The molecule has 1 unspecified atom stereocenters. The Morgan fingerprint density at radius 3 is 2.70 bits per heavy atom. The Bertz CT molecular complexity index is 1630. The quantitative estimate of drug-likeness (QED) is 0.337. The van der Waals surface area contributed by atoms with Crippen LogP contribution in [0.15, 0.2) is 53.2 Å². The Labute approximate surface area is 229 Å². The first-order chi connectivity index (χ1) is 19.1. The minimum Gasteiger partial charge on any atom is -0.494 e. The molecule has 9 nitrogen and oxygen atoms in total. The lowest BCUT2D eigenvalue weighted by Gasteiger charge is -2.36. The van der Waals surface area contributed by atoms with Gasteiger partial charge in [-0.1, -0.05) is 6.07 Å². The third-order valence-electron chi connectivity index (χ3n) is 6.78. The molecule has 0 N–H and O–H groups in total. The molecular weight excluding hydrogens is 520 g/mol. The van der Waals surface area contributed by atoms with Crippen LogP contribution in [0.3, 0.4) is 0 Å². The molecule has 1 fully saturated rings. The van der Waals surface area contributed by atoms with E-state index < -0.39 is 18.6 Å². The van der Waals surface area contributed by atoms with Crippen LogP contribution in [0.25, 0.3) is 33.7 Å². The maximum absolute atomic E-state index is 14.6. The van der Waals surface area contributed by atoms with Gasteiger partial charge in [0.25, 0.3) is 11.8 Å². The van der Waals surface area contributed by atoms with E-state index in [0.717, 1.165) is 0 Å². The summed E-state index contributed by atoms with van der Waals surface area (Å²) in [6, 6.07) is 11.9. The number of fused-ring (bicyclic) bond motifs is 1. The van der Waals surface area contributed by atoms with Gasteiger partial charge in [0.15, 0.2) is 17.4 Å². The molecule has 11 heteroatoms. The molecule has 1 amide bonds. The molecule has 206 valence electrons. The number of methoxy groups -OCH3 is 1. The highest BCUT2D eigenvalue weighted by molar-refractivity contribution is 5.95. The van der Waals surface area contributed by atoms with Gasteiger partial charge in [-0.05, 0) is 36.9 Å². The summed E-state index contributed by atoms with van der Waals surface area (Å²) >= 11 is 0. The van der Waals surface area contributed by atoms with Crippen LogP contribution in [0.2, 0.25) is 0 Å². The number of rotatable bonds is 6. The van der Waals surface area contributed by atoms with E-state index in [4.69, 9.17) is 13.9 Å².